The first-order valence-electron chi connectivity index (χ1n) is 8.47. The minimum atomic E-state index is 0.863. The molecule has 0 spiro atoms. The van der Waals surface area contributed by atoms with Gasteiger partial charge in [0.2, 0.25) is 0 Å². The molecule has 0 bridgehead atoms. The molecule has 132 valence electrons. The number of imidazole rings is 1. The Kier molecular flexibility index (Phi) is 4.46. The zero-order chi connectivity index (χ0) is 18.1. The number of aromatic nitrogens is 6. The number of pyridine rings is 1. The predicted octanol–water partition coefficient (Wildman–Crippen LogP) is 3.63. The number of rotatable bonds is 5. The molecule has 0 aliphatic carbocycles. The SMILES string of the molecule is CSCCc1nc(-c2ccc3nn(C)nc3c2)c(-c2cccc(C)n2)[nH]1. The third kappa shape index (κ3) is 3.22. The van der Waals surface area contributed by atoms with E-state index in [0.717, 1.165) is 57.4 Å². The first kappa shape index (κ1) is 16.8. The average molecular weight is 364 g/mol. The molecule has 1 N–H and O–H groups in total. The van der Waals surface area contributed by atoms with Crippen molar-refractivity contribution in [2.24, 2.45) is 7.05 Å². The second-order valence-electron chi connectivity index (χ2n) is 6.21. The standard InChI is InChI=1S/C19H20N6S/c1-12-5-4-6-15(20-12)19-18(21-17(22-19)9-10-26-3)13-7-8-14-16(11-13)24-25(2)23-14/h4-8,11H,9-10H2,1-3H3,(H,21,22). The Morgan fingerprint density at radius 2 is 1.92 bits per heavy atom. The number of aryl methyl sites for hydroxylation is 3. The Bertz CT molecular complexity index is 1070. The fourth-order valence-electron chi connectivity index (χ4n) is 2.99. The molecule has 4 rings (SSSR count). The summed E-state index contributed by atoms with van der Waals surface area (Å²) in [6, 6.07) is 12.1. The first-order valence-corrected chi connectivity index (χ1v) is 9.87. The monoisotopic (exact) mass is 364 g/mol. The van der Waals surface area contributed by atoms with Crippen LogP contribution in [0.1, 0.15) is 11.5 Å². The van der Waals surface area contributed by atoms with Gasteiger partial charge in [-0.1, -0.05) is 12.1 Å². The molecule has 4 aromatic rings. The molecule has 0 fully saturated rings. The second-order valence-corrected chi connectivity index (χ2v) is 7.19. The minimum absolute atomic E-state index is 0.863. The van der Waals surface area contributed by atoms with Crippen molar-refractivity contribution in [3.8, 4) is 22.6 Å². The number of benzene rings is 1. The van der Waals surface area contributed by atoms with Crippen molar-refractivity contribution < 1.29 is 0 Å². The number of H-pyrrole nitrogens is 1. The van der Waals surface area contributed by atoms with Crippen molar-refractivity contribution in [1.82, 2.24) is 29.9 Å². The van der Waals surface area contributed by atoms with Gasteiger partial charge >= 0.3 is 0 Å². The Balaban J connectivity index is 1.85. The molecular formula is C19H20N6S. The quantitative estimate of drug-likeness (QED) is 0.585. The predicted molar refractivity (Wildman–Crippen MR) is 106 cm³/mol. The molecular weight excluding hydrogens is 344 g/mol. The molecule has 3 heterocycles. The molecule has 0 radical (unpaired) electrons. The highest BCUT2D eigenvalue weighted by Crippen LogP contribution is 2.31. The van der Waals surface area contributed by atoms with Gasteiger partial charge in [0.05, 0.1) is 17.1 Å². The van der Waals surface area contributed by atoms with Gasteiger partial charge in [-0.2, -0.15) is 26.8 Å². The fourth-order valence-corrected chi connectivity index (χ4v) is 3.38. The summed E-state index contributed by atoms with van der Waals surface area (Å²) in [6.45, 7) is 2.00. The van der Waals surface area contributed by atoms with Gasteiger partial charge in [-0.25, -0.2) is 4.98 Å². The number of hydrogen-bond donors (Lipinski definition) is 1. The van der Waals surface area contributed by atoms with Gasteiger partial charge in [0.15, 0.2) is 0 Å². The van der Waals surface area contributed by atoms with Crippen LogP contribution in [0.5, 0.6) is 0 Å². The van der Waals surface area contributed by atoms with Crippen LogP contribution in [0.25, 0.3) is 33.7 Å². The van der Waals surface area contributed by atoms with E-state index in [1.807, 2.05) is 62.1 Å². The lowest BCUT2D eigenvalue weighted by molar-refractivity contribution is 0.665. The van der Waals surface area contributed by atoms with Gasteiger partial charge < -0.3 is 4.98 Å². The number of nitrogens with one attached hydrogen (secondary N) is 1. The highest BCUT2D eigenvalue weighted by molar-refractivity contribution is 7.98. The van der Waals surface area contributed by atoms with E-state index in [2.05, 4.69) is 26.4 Å². The highest BCUT2D eigenvalue weighted by Gasteiger charge is 2.16. The molecule has 0 aliphatic rings. The Hall–Kier alpha value is -2.67. The topological polar surface area (TPSA) is 72.3 Å². The maximum atomic E-state index is 4.87. The highest BCUT2D eigenvalue weighted by atomic mass is 32.2. The number of aromatic amines is 1. The summed E-state index contributed by atoms with van der Waals surface area (Å²) in [5.41, 5.74) is 6.51. The summed E-state index contributed by atoms with van der Waals surface area (Å²) in [5.74, 6) is 2.00. The maximum absolute atomic E-state index is 4.87. The van der Waals surface area contributed by atoms with Crippen molar-refractivity contribution in [2.45, 2.75) is 13.3 Å². The van der Waals surface area contributed by atoms with E-state index in [9.17, 15) is 0 Å². The zero-order valence-electron chi connectivity index (χ0n) is 15.0. The normalized spacial score (nSPS) is 11.3. The molecule has 3 aromatic heterocycles. The summed E-state index contributed by atoms with van der Waals surface area (Å²) in [6.07, 6.45) is 3.00. The van der Waals surface area contributed by atoms with Gasteiger partial charge in [0.25, 0.3) is 0 Å². The van der Waals surface area contributed by atoms with E-state index in [0.29, 0.717) is 0 Å². The number of nitrogens with zero attached hydrogens (tertiary/aromatic N) is 5. The number of hydrogen-bond acceptors (Lipinski definition) is 5. The van der Waals surface area contributed by atoms with Crippen LogP contribution in [0.15, 0.2) is 36.4 Å². The molecule has 7 heteroatoms. The van der Waals surface area contributed by atoms with Gasteiger partial charge in [0.1, 0.15) is 16.9 Å². The van der Waals surface area contributed by atoms with E-state index in [-0.39, 0.29) is 0 Å². The summed E-state index contributed by atoms with van der Waals surface area (Å²) < 4.78 is 0. The molecule has 0 unspecified atom stereocenters. The van der Waals surface area contributed by atoms with Gasteiger partial charge in [-0.15, -0.1) is 0 Å². The van der Waals surface area contributed by atoms with Crippen molar-refractivity contribution in [1.29, 1.82) is 0 Å². The molecule has 0 atom stereocenters. The molecule has 0 amide bonds. The first-order chi connectivity index (χ1) is 12.6. The van der Waals surface area contributed by atoms with E-state index in [1.54, 1.807) is 4.80 Å². The fraction of sp³-hybridized carbons (Fsp3) is 0.263. The van der Waals surface area contributed by atoms with Crippen LogP contribution >= 0.6 is 11.8 Å². The molecule has 1 aromatic carbocycles. The van der Waals surface area contributed by atoms with E-state index < -0.39 is 0 Å². The lowest BCUT2D eigenvalue weighted by atomic mass is 10.1. The van der Waals surface area contributed by atoms with Crippen LogP contribution < -0.4 is 0 Å². The van der Waals surface area contributed by atoms with Crippen LogP contribution in [0.2, 0.25) is 0 Å². The summed E-state index contributed by atoms with van der Waals surface area (Å²) in [4.78, 5) is 14.6. The number of fused-ring (bicyclic) bond motifs is 1. The van der Waals surface area contributed by atoms with Crippen LogP contribution in [0, 0.1) is 6.92 Å². The van der Waals surface area contributed by atoms with Crippen LogP contribution in [-0.4, -0.2) is 42.0 Å². The molecule has 0 saturated heterocycles. The number of thioether (sulfide) groups is 1. The summed E-state index contributed by atoms with van der Waals surface area (Å²) in [5, 5.41) is 8.77. The third-order valence-corrected chi connectivity index (χ3v) is 4.81. The Labute approximate surface area is 156 Å². The van der Waals surface area contributed by atoms with Crippen molar-refractivity contribution in [2.75, 3.05) is 12.0 Å². The minimum Gasteiger partial charge on any atom is -0.340 e. The lowest BCUT2D eigenvalue weighted by Crippen LogP contribution is -1.91. The summed E-state index contributed by atoms with van der Waals surface area (Å²) >= 11 is 1.81. The Morgan fingerprint density at radius 1 is 1.08 bits per heavy atom. The molecule has 26 heavy (non-hydrogen) atoms. The van der Waals surface area contributed by atoms with Gasteiger partial charge in [0, 0.05) is 30.5 Å². The average Bonchev–Trinajstić information content (AvgIpc) is 3.21. The van der Waals surface area contributed by atoms with E-state index in [1.165, 1.54) is 0 Å². The van der Waals surface area contributed by atoms with Crippen LogP contribution in [0.3, 0.4) is 0 Å². The smallest absolute Gasteiger partial charge is 0.113 e. The van der Waals surface area contributed by atoms with E-state index >= 15 is 0 Å². The molecule has 0 aliphatic heterocycles. The lowest BCUT2D eigenvalue weighted by Gasteiger charge is -2.03. The van der Waals surface area contributed by atoms with Gasteiger partial charge in [-0.3, -0.25) is 4.98 Å². The van der Waals surface area contributed by atoms with Crippen molar-refractivity contribution in [3.63, 3.8) is 0 Å². The van der Waals surface area contributed by atoms with Gasteiger partial charge in [-0.05, 0) is 37.4 Å². The maximum Gasteiger partial charge on any atom is 0.113 e. The Morgan fingerprint density at radius 3 is 2.73 bits per heavy atom. The molecule has 0 saturated carbocycles. The zero-order valence-corrected chi connectivity index (χ0v) is 15.8. The van der Waals surface area contributed by atoms with Crippen molar-refractivity contribution >= 4 is 22.8 Å². The second kappa shape index (κ2) is 6.92. The van der Waals surface area contributed by atoms with Crippen LogP contribution in [-0.2, 0) is 13.5 Å². The molecule has 6 nitrogen and oxygen atoms in total. The third-order valence-electron chi connectivity index (χ3n) is 4.19. The summed E-state index contributed by atoms with van der Waals surface area (Å²) in [7, 11) is 1.83. The van der Waals surface area contributed by atoms with Crippen molar-refractivity contribution in [3.05, 3.63) is 47.9 Å². The van der Waals surface area contributed by atoms with Crippen LogP contribution in [0.4, 0.5) is 0 Å². The largest absolute Gasteiger partial charge is 0.340 e. The van der Waals surface area contributed by atoms with E-state index in [4.69, 9.17) is 4.98 Å².